The second kappa shape index (κ2) is 5.85. The molecular formula is C8H9ClN6. The normalized spacial score (nSPS) is 10.2. The predicted octanol–water partition coefficient (Wildman–Crippen LogP) is 2.43. The van der Waals surface area contributed by atoms with Crippen molar-refractivity contribution in [3.8, 4) is 0 Å². The zero-order valence-electron chi connectivity index (χ0n) is 7.84. The standard InChI is InChI=1S/C8H9ClN6/c9-7-8(10)12-5-6(14-7)3-1-2-4-13-15-11/h1,3,5H,2,4H2,(H2,10,12). The van der Waals surface area contributed by atoms with Crippen LogP contribution in [0.3, 0.4) is 0 Å². The summed E-state index contributed by atoms with van der Waals surface area (Å²) in [5.74, 6) is 0.211. The van der Waals surface area contributed by atoms with Gasteiger partial charge in [0.1, 0.15) is 0 Å². The molecule has 2 N–H and O–H groups in total. The maximum absolute atomic E-state index is 8.03. The summed E-state index contributed by atoms with van der Waals surface area (Å²) in [4.78, 5) is 10.5. The van der Waals surface area contributed by atoms with E-state index in [4.69, 9.17) is 22.9 Å². The molecule has 1 heterocycles. The van der Waals surface area contributed by atoms with Crippen molar-refractivity contribution < 1.29 is 0 Å². The molecule has 15 heavy (non-hydrogen) atoms. The van der Waals surface area contributed by atoms with E-state index in [1.807, 2.05) is 6.08 Å². The molecule has 1 rings (SSSR count). The molecule has 0 aliphatic rings. The van der Waals surface area contributed by atoms with E-state index in [0.717, 1.165) is 0 Å². The van der Waals surface area contributed by atoms with Gasteiger partial charge >= 0.3 is 0 Å². The highest BCUT2D eigenvalue weighted by molar-refractivity contribution is 6.31. The summed E-state index contributed by atoms with van der Waals surface area (Å²) in [5.41, 5.74) is 14.0. The lowest BCUT2D eigenvalue weighted by Crippen LogP contribution is -1.94. The Balaban J connectivity index is 2.56. The molecule has 0 unspecified atom stereocenters. The number of nitrogens with zero attached hydrogens (tertiary/aromatic N) is 5. The van der Waals surface area contributed by atoms with E-state index in [1.165, 1.54) is 6.20 Å². The Morgan fingerprint density at radius 2 is 2.47 bits per heavy atom. The molecule has 0 aromatic carbocycles. The fourth-order valence-corrected chi connectivity index (χ4v) is 0.996. The molecule has 6 nitrogen and oxygen atoms in total. The second-order valence-electron chi connectivity index (χ2n) is 2.62. The van der Waals surface area contributed by atoms with Crippen LogP contribution in [0.2, 0.25) is 5.15 Å². The third-order valence-corrected chi connectivity index (χ3v) is 1.80. The fraction of sp³-hybridized carbons (Fsp3) is 0.250. The van der Waals surface area contributed by atoms with Crippen LogP contribution >= 0.6 is 11.6 Å². The van der Waals surface area contributed by atoms with Gasteiger partial charge in [0.05, 0.1) is 11.9 Å². The Bertz CT molecular complexity index is 410. The van der Waals surface area contributed by atoms with E-state index in [0.29, 0.717) is 18.7 Å². The SMILES string of the molecule is [N-]=[N+]=NCCC=Cc1cnc(N)c(Cl)n1. The minimum atomic E-state index is 0.187. The summed E-state index contributed by atoms with van der Waals surface area (Å²) in [6.45, 7) is 0.420. The topological polar surface area (TPSA) is 101 Å². The molecule has 78 valence electrons. The van der Waals surface area contributed by atoms with Crippen molar-refractivity contribution in [3.05, 3.63) is 33.6 Å². The molecule has 0 bridgehead atoms. The molecule has 0 aliphatic carbocycles. The summed E-state index contributed by atoms with van der Waals surface area (Å²) < 4.78 is 0. The maximum atomic E-state index is 8.03. The van der Waals surface area contributed by atoms with Crippen LogP contribution in [-0.4, -0.2) is 16.5 Å². The van der Waals surface area contributed by atoms with Crippen molar-refractivity contribution in [1.82, 2.24) is 9.97 Å². The van der Waals surface area contributed by atoms with Gasteiger partial charge in [0, 0.05) is 11.5 Å². The van der Waals surface area contributed by atoms with Gasteiger partial charge in [0.25, 0.3) is 0 Å². The molecule has 7 heteroatoms. The first-order chi connectivity index (χ1) is 7.24. The minimum Gasteiger partial charge on any atom is -0.381 e. The van der Waals surface area contributed by atoms with Gasteiger partial charge < -0.3 is 5.73 Å². The smallest absolute Gasteiger partial charge is 0.171 e. The van der Waals surface area contributed by atoms with E-state index in [1.54, 1.807) is 6.08 Å². The third-order valence-electron chi connectivity index (χ3n) is 1.52. The van der Waals surface area contributed by atoms with Gasteiger partial charge in [-0.15, -0.1) is 0 Å². The van der Waals surface area contributed by atoms with Crippen molar-refractivity contribution in [2.45, 2.75) is 6.42 Å². The quantitative estimate of drug-likeness (QED) is 0.368. The van der Waals surface area contributed by atoms with Crippen molar-refractivity contribution in [1.29, 1.82) is 0 Å². The van der Waals surface area contributed by atoms with Crippen LogP contribution in [0.4, 0.5) is 5.82 Å². The number of nitrogen functional groups attached to an aromatic ring is 1. The van der Waals surface area contributed by atoms with Gasteiger partial charge in [-0.25, -0.2) is 9.97 Å². The van der Waals surface area contributed by atoms with E-state index in [9.17, 15) is 0 Å². The van der Waals surface area contributed by atoms with Crippen LogP contribution in [0.15, 0.2) is 17.4 Å². The Labute approximate surface area is 91.4 Å². The van der Waals surface area contributed by atoms with Crippen molar-refractivity contribution >= 4 is 23.5 Å². The molecule has 0 spiro atoms. The number of nitrogens with two attached hydrogens (primary N) is 1. The molecule has 0 amide bonds. The lowest BCUT2D eigenvalue weighted by Gasteiger charge is -1.96. The van der Waals surface area contributed by atoms with Crippen LogP contribution in [0.1, 0.15) is 12.1 Å². The molecule has 0 saturated heterocycles. The molecule has 1 aromatic heterocycles. The Hall–Kier alpha value is -1.78. The zero-order chi connectivity index (χ0) is 11.1. The maximum Gasteiger partial charge on any atom is 0.171 e. The highest BCUT2D eigenvalue weighted by Gasteiger charge is 1.97. The Morgan fingerprint density at radius 3 is 3.13 bits per heavy atom. The van der Waals surface area contributed by atoms with Crippen molar-refractivity contribution in [3.63, 3.8) is 0 Å². The fourth-order valence-electron chi connectivity index (χ4n) is 0.850. The number of halogens is 1. The van der Waals surface area contributed by atoms with Crippen LogP contribution in [-0.2, 0) is 0 Å². The first-order valence-corrected chi connectivity index (χ1v) is 4.57. The van der Waals surface area contributed by atoms with E-state index in [2.05, 4.69) is 20.0 Å². The highest BCUT2D eigenvalue weighted by atomic mass is 35.5. The van der Waals surface area contributed by atoms with Crippen LogP contribution < -0.4 is 5.73 Å². The zero-order valence-corrected chi connectivity index (χ0v) is 8.59. The number of anilines is 1. The molecule has 0 radical (unpaired) electrons. The number of hydrogen-bond donors (Lipinski definition) is 1. The van der Waals surface area contributed by atoms with Gasteiger partial charge in [0.15, 0.2) is 11.0 Å². The first kappa shape index (κ1) is 11.3. The van der Waals surface area contributed by atoms with Gasteiger partial charge in [-0.05, 0) is 18.0 Å². The van der Waals surface area contributed by atoms with E-state index < -0.39 is 0 Å². The third kappa shape index (κ3) is 3.84. The molecule has 0 saturated carbocycles. The average molecular weight is 225 g/mol. The monoisotopic (exact) mass is 224 g/mol. The summed E-state index contributed by atoms with van der Waals surface area (Å²) in [7, 11) is 0. The first-order valence-electron chi connectivity index (χ1n) is 4.19. The molecule has 0 atom stereocenters. The minimum absolute atomic E-state index is 0.187. The number of azide groups is 1. The summed E-state index contributed by atoms with van der Waals surface area (Å²) >= 11 is 5.68. The molecular weight excluding hydrogens is 216 g/mol. The number of rotatable bonds is 4. The number of hydrogen-bond acceptors (Lipinski definition) is 4. The second-order valence-corrected chi connectivity index (χ2v) is 2.97. The van der Waals surface area contributed by atoms with E-state index in [-0.39, 0.29) is 11.0 Å². The van der Waals surface area contributed by atoms with Gasteiger partial charge in [-0.1, -0.05) is 22.8 Å². The van der Waals surface area contributed by atoms with Crippen LogP contribution in [0, 0.1) is 0 Å². The predicted molar refractivity (Wildman–Crippen MR) is 59.1 cm³/mol. The molecule has 0 aliphatic heterocycles. The lowest BCUT2D eigenvalue weighted by atomic mass is 10.3. The molecule has 1 aromatic rings. The van der Waals surface area contributed by atoms with Crippen LogP contribution in [0.25, 0.3) is 16.5 Å². The van der Waals surface area contributed by atoms with Gasteiger partial charge in [0.2, 0.25) is 0 Å². The lowest BCUT2D eigenvalue weighted by molar-refractivity contribution is 0.994. The van der Waals surface area contributed by atoms with Crippen molar-refractivity contribution in [2.75, 3.05) is 12.3 Å². The number of aromatic nitrogens is 2. The highest BCUT2D eigenvalue weighted by Crippen LogP contribution is 2.12. The van der Waals surface area contributed by atoms with E-state index >= 15 is 0 Å². The average Bonchev–Trinajstić information content (AvgIpc) is 2.23. The largest absolute Gasteiger partial charge is 0.381 e. The summed E-state index contributed by atoms with van der Waals surface area (Å²) in [5, 5.41) is 3.57. The van der Waals surface area contributed by atoms with Crippen molar-refractivity contribution in [2.24, 2.45) is 5.11 Å². The Kier molecular flexibility index (Phi) is 4.40. The summed E-state index contributed by atoms with van der Waals surface area (Å²) in [6, 6.07) is 0. The van der Waals surface area contributed by atoms with Gasteiger partial charge in [-0.3, -0.25) is 0 Å². The summed E-state index contributed by atoms with van der Waals surface area (Å²) in [6.07, 6.45) is 5.73. The van der Waals surface area contributed by atoms with Crippen LogP contribution in [0.5, 0.6) is 0 Å². The van der Waals surface area contributed by atoms with Gasteiger partial charge in [-0.2, -0.15) is 0 Å². The Morgan fingerprint density at radius 1 is 1.67 bits per heavy atom. The molecule has 0 fully saturated rings.